The Bertz CT molecular complexity index is 1230. The molecule has 1 atom stereocenters. The molecule has 7 nitrogen and oxygen atoms in total. The Balaban J connectivity index is 1.44. The number of pyridine rings is 1. The molecule has 190 valence electrons. The standard InChI is InChI=1S/C22H23F5N4O3S/c1-35(33,34)17-3-2-13(18(23)10-17)8-16-12-29-21(32)31(16)15-4-6-30(7-5-15)20-19(24)9-14(11-28-20)22(25,26)27/h2-3,9-11,15-16H,4-8,12H2,1H3,(H,29,32). The van der Waals surface area contributed by atoms with Gasteiger partial charge in [-0.05, 0) is 43.0 Å². The lowest BCUT2D eigenvalue weighted by Gasteiger charge is -2.39. The number of hydrogen-bond donors (Lipinski definition) is 1. The lowest BCUT2D eigenvalue weighted by Crippen LogP contribution is -2.50. The van der Waals surface area contributed by atoms with Gasteiger partial charge < -0.3 is 15.1 Å². The quantitative estimate of drug-likeness (QED) is 0.614. The molecule has 1 unspecified atom stereocenters. The van der Waals surface area contributed by atoms with Gasteiger partial charge in [0.25, 0.3) is 0 Å². The van der Waals surface area contributed by atoms with Gasteiger partial charge in [0.15, 0.2) is 21.5 Å². The van der Waals surface area contributed by atoms with Crippen LogP contribution in [0.25, 0.3) is 0 Å². The van der Waals surface area contributed by atoms with E-state index in [4.69, 9.17) is 0 Å². The van der Waals surface area contributed by atoms with Gasteiger partial charge in [-0.2, -0.15) is 13.2 Å². The van der Waals surface area contributed by atoms with Crippen LogP contribution < -0.4 is 10.2 Å². The molecule has 4 rings (SSSR count). The van der Waals surface area contributed by atoms with Crippen LogP contribution in [0.2, 0.25) is 0 Å². The van der Waals surface area contributed by atoms with Crippen molar-refractivity contribution in [1.29, 1.82) is 0 Å². The van der Waals surface area contributed by atoms with Crippen molar-refractivity contribution in [3.05, 3.63) is 53.2 Å². The first-order valence-corrected chi connectivity index (χ1v) is 12.8. The van der Waals surface area contributed by atoms with E-state index in [9.17, 15) is 35.2 Å². The van der Waals surface area contributed by atoms with Crippen LogP contribution >= 0.6 is 0 Å². The second kappa shape index (κ2) is 9.25. The molecule has 3 heterocycles. The second-order valence-corrected chi connectivity index (χ2v) is 10.7. The molecule has 0 saturated carbocycles. The fourth-order valence-corrected chi connectivity index (χ4v) is 5.18. The topological polar surface area (TPSA) is 82.6 Å². The minimum atomic E-state index is -4.69. The van der Waals surface area contributed by atoms with Gasteiger partial charge in [0.05, 0.1) is 16.5 Å². The first-order valence-electron chi connectivity index (χ1n) is 10.9. The minimum absolute atomic E-state index is 0.132. The molecule has 13 heteroatoms. The number of hydrogen-bond acceptors (Lipinski definition) is 5. The molecule has 2 aliphatic rings. The third-order valence-corrected chi connectivity index (χ3v) is 7.44. The average molecular weight is 519 g/mol. The molecule has 1 N–H and O–H groups in total. The summed E-state index contributed by atoms with van der Waals surface area (Å²) >= 11 is 0. The van der Waals surface area contributed by atoms with E-state index in [1.165, 1.54) is 12.1 Å². The normalized spacial score (nSPS) is 19.8. The average Bonchev–Trinajstić information content (AvgIpc) is 3.14. The van der Waals surface area contributed by atoms with E-state index >= 15 is 0 Å². The zero-order chi connectivity index (χ0) is 25.5. The SMILES string of the molecule is CS(=O)(=O)c1ccc(CC2CNC(=O)N2C2CCN(c3ncc(C(F)(F)F)cc3F)CC2)c(F)c1. The fraction of sp³-hybridized carbons (Fsp3) is 0.455. The van der Waals surface area contributed by atoms with Crippen molar-refractivity contribution >= 4 is 21.7 Å². The van der Waals surface area contributed by atoms with E-state index in [1.807, 2.05) is 0 Å². The number of halogens is 5. The molecule has 35 heavy (non-hydrogen) atoms. The highest BCUT2D eigenvalue weighted by Crippen LogP contribution is 2.32. The number of aromatic nitrogens is 1. The van der Waals surface area contributed by atoms with Crippen molar-refractivity contribution in [1.82, 2.24) is 15.2 Å². The molecule has 0 radical (unpaired) electrons. The Morgan fingerprint density at radius 3 is 2.37 bits per heavy atom. The molecule has 2 aromatic rings. The highest BCUT2D eigenvalue weighted by Gasteiger charge is 2.39. The summed E-state index contributed by atoms with van der Waals surface area (Å²) in [5.74, 6) is -1.92. The van der Waals surface area contributed by atoms with E-state index in [1.54, 1.807) is 9.80 Å². The summed E-state index contributed by atoms with van der Waals surface area (Å²) in [7, 11) is -3.56. The predicted octanol–water partition coefficient (Wildman–Crippen LogP) is 3.39. The van der Waals surface area contributed by atoms with Crippen LogP contribution in [0, 0.1) is 11.6 Å². The number of urea groups is 1. The summed E-state index contributed by atoms with van der Waals surface area (Å²) in [4.78, 5) is 19.2. The maximum absolute atomic E-state index is 14.6. The first kappa shape index (κ1) is 25.1. The van der Waals surface area contributed by atoms with Crippen LogP contribution in [0.3, 0.4) is 0 Å². The van der Waals surface area contributed by atoms with Crippen LogP contribution in [-0.4, -0.2) is 62.3 Å². The number of nitrogens with one attached hydrogen (secondary N) is 1. The van der Waals surface area contributed by atoms with Gasteiger partial charge in [0.2, 0.25) is 0 Å². The van der Waals surface area contributed by atoms with Crippen molar-refractivity contribution in [3.8, 4) is 0 Å². The fourth-order valence-electron chi connectivity index (χ4n) is 4.55. The number of amides is 2. The number of benzene rings is 1. The lowest BCUT2D eigenvalue weighted by atomic mass is 9.99. The van der Waals surface area contributed by atoms with Crippen molar-refractivity contribution in [3.63, 3.8) is 0 Å². The monoisotopic (exact) mass is 518 g/mol. The van der Waals surface area contributed by atoms with E-state index in [0.717, 1.165) is 12.3 Å². The van der Waals surface area contributed by atoms with Gasteiger partial charge in [0.1, 0.15) is 5.82 Å². The highest BCUT2D eigenvalue weighted by molar-refractivity contribution is 7.90. The summed E-state index contributed by atoms with van der Waals surface area (Å²) in [6.45, 7) is 0.823. The van der Waals surface area contributed by atoms with Crippen molar-refractivity contribution in [2.45, 2.75) is 42.4 Å². The first-order chi connectivity index (χ1) is 16.3. The number of nitrogens with zero attached hydrogens (tertiary/aromatic N) is 3. The Morgan fingerprint density at radius 2 is 1.80 bits per heavy atom. The van der Waals surface area contributed by atoms with Gasteiger partial charge >= 0.3 is 12.2 Å². The van der Waals surface area contributed by atoms with E-state index < -0.39 is 33.2 Å². The molecule has 0 aliphatic carbocycles. The Hall–Kier alpha value is -2.96. The molecule has 2 saturated heterocycles. The lowest BCUT2D eigenvalue weighted by molar-refractivity contribution is -0.138. The van der Waals surface area contributed by atoms with E-state index in [0.29, 0.717) is 25.1 Å². The minimum Gasteiger partial charge on any atom is -0.354 e. The largest absolute Gasteiger partial charge is 0.417 e. The van der Waals surface area contributed by atoms with Crippen molar-refractivity contribution < 1.29 is 35.2 Å². The van der Waals surface area contributed by atoms with Gasteiger partial charge in [0, 0.05) is 38.1 Å². The molecular formula is C22H23F5N4O3S. The van der Waals surface area contributed by atoms with E-state index in [-0.39, 0.29) is 60.4 Å². The zero-order valence-corrected chi connectivity index (χ0v) is 19.5. The summed E-state index contributed by atoms with van der Waals surface area (Å²) in [6.07, 6.45) is -2.10. The third-order valence-electron chi connectivity index (χ3n) is 6.33. The Morgan fingerprint density at radius 1 is 1.11 bits per heavy atom. The molecule has 1 aromatic heterocycles. The number of alkyl halides is 3. The highest BCUT2D eigenvalue weighted by atomic mass is 32.2. The summed E-state index contributed by atoms with van der Waals surface area (Å²) in [5, 5.41) is 2.74. The van der Waals surface area contributed by atoms with Crippen LogP contribution in [0.1, 0.15) is 24.0 Å². The van der Waals surface area contributed by atoms with Crippen LogP contribution in [0.15, 0.2) is 35.4 Å². The molecule has 2 aliphatic heterocycles. The maximum atomic E-state index is 14.6. The molecule has 2 amide bonds. The Labute approximate surface area is 198 Å². The van der Waals surface area contributed by atoms with Crippen molar-refractivity contribution in [2.75, 3.05) is 30.8 Å². The van der Waals surface area contributed by atoms with Crippen LogP contribution in [0.5, 0.6) is 0 Å². The zero-order valence-electron chi connectivity index (χ0n) is 18.6. The summed E-state index contributed by atoms with van der Waals surface area (Å²) in [6, 6.07) is 3.17. The number of piperidine rings is 1. The number of carbonyl (C=O) groups excluding carboxylic acids is 1. The van der Waals surface area contributed by atoms with Gasteiger partial charge in [-0.25, -0.2) is 27.0 Å². The molecular weight excluding hydrogens is 495 g/mol. The molecule has 0 spiro atoms. The second-order valence-electron chi connectivity index (χ2n) is 8.72. The van der Waals surface area contributed by atoms with Crippen LogP contribution in [0.4, 0.5) is 32.6 Å². The summed E-state index contributed by atoms with van der Waals surface area (Å²) < 4.78 is 90.5. The third kappa shape index (κ3) is 5.34. The van der Waals surface area contributed by atoms with Crippen LogP contribution in [-0.2, 0) is 22.4 Å². The van der Waals surface area contributed by atoms with Gasteiger partial charge in [-0.1, -0.05) is 6.07 Å². The van der Waals surface area contributed by atoms with Gasteiger partial charge in [-0.15, -0.1) is 0 Å². The number of carbonyl (C=O) groups is 1. The predicted molar refractivity (Wildman–Crippen MR) is 117 cm³/mol. The van der Waals surface area contributed by atoms with Gasteiger partial charge in [-0.3, -0.25) is 0 Å². The number of anilines is 1. The van der Waals surface area contributed by atoms with Crippen molar-refractivity contribution in [2.24, 2.45) is 0 Å². The number of rotatable bonds is 5. The van der Waals surface area contributed by atoms with E-state index in [2.05, 4.69) is 10.3 Å². The molecule has 2 fully saturated rings. The molecule has 0 bridgehead atoms. The smallest absolute Gasteiger partial charge is 0.354 e. The maximum Gasteiger partial charge on any atom is 0.417 e. The number of sulfone groups is 1. The Kier molecular flexibility index (Phi) is 6.64. The molecule has 1 aromatic carbocycles. The summed E-state index contributed by atoms with van der Waals surface area (Å²) in [5.41, 5.74) is -0.889.